The number of nitrogens with zero attached hydrogens (tertiary/aromatic N) is 7. The van der Waals surface area contributed by atoms with Crippen molar-refractivity contribution in [3.63, 3.8) is 0 Å². The van der Waals surface area contributed by atoms with Crippen molar-refractivity contribution in [1.82, 2.24) is 55.6 Å². The molecule has 0 bridgehead atoms. The zero-order chi connectivity index (χ0) is 65.8. The van der Waals surface area contributed by atoms with Gasteiger partial charge >= 0.3 is 0 Å². The third-order valence-corrected chi connectivity index (χ3v) is 16.1. The largest absolute Gasteiger partial charge is 0.394 e. The molecule has 1 rings (SSSR count). The monoisotopic (exact) mass is 1200 g/mol. The van der Waals surface area contributed by atoms with Gasteiger partial charge in [-0.1, -0.05) is 109 Å². The van der Waals surface area contributed by atoms with E-state index in [2.05, 4.69) is 21.3 Å². The fourth-order valence-electron chi connectivity index (χ4n) is 10.7. The first-order chi connectivity index (χ1) is 39.3. The van der Waals surface area contributed by atoms with Gasteiger partial charge in [-0.3, -0.25) is 52.7 Å². The van der Waals surface area contributed by atoms with E-state index in [1.165, 1.54) is 80.8 Å². The highest BCUT2D eigenvalue weighted by Crippen LogP contribution is 2.25. The number of hydrogen-bond donors (Lipinski definition) is 5. The number of rotatable bonds is 16. The van der Waals surface area contributed by atoms with Gasteiger partial charge in [-0.2, -0.15) is 0 Å². The summed E-state index contributed by atoms with van der Waals surface area (Å²) < 4.78 is 0. The lowest BCUT2D eigenvalue weighted by molar-refractivity contribution is -0.156. The van der Waals surface area contributed by atoms with E-state index in [0.29, 0.717) is 6.42 Å². The van der Waals surface area contributed by atoms with Gasteiger partial charge in [-0.15, -0.1) is 0 Å². The van der Waals surface area contributed by atoms with E-state index in [-0.39, 0.29) is 68.1 Å². The van der Waals surface area contributed by atoms with Gasteiger partial charge in [0.15, 0.2) is 0 Å². The minimum absolute atomic E-state index is 0.0259. The van der Waals surface area contributed by atoms with E-state index in [9.17, 15) is 48.3 Å². The van der Waals surface area contributed by atoms with E-state index in [1.54, 1.807) is 34.6 Å². The second-order valence-corrected chi connectivity index (χ2v) is 26.0. The molecule has 0 spiro atoms. The first kappa shape index (κ1) is 76.9. The number of aliphatic hydroxyl groups is 1. The third kappa shape index (κ3) is 22.0. The maximum absolute atomic E-state index is 15.1. The van der Waals surface area contributed by atoms with Crippen molar-refractivity contribution in [1.29, 1.82) is 0 Å². The van der Waals surface area contributed by atoms with Crippen molar-refractivity contribution in [2.24, 2.45) is 41.4 Å². The van der Waals surface area contributed by atoms with Crippen molar-refractivity contribution < 1.29 is 57.8 Å². The lowest BCUT2D eigenvalue weighted by Gasteiger charge is -2.41. The number of carbonyl (C=O) groups excluding carboxylic acids is 11. The van der Waals surface area contributed by atoms with Crippen molar-refractivity contribution in [3.8, 4) is 0 Å². The number of hydrogen-bond acceptors (Lipinski definition) is 12. The molecule has 0 aromatic rings. The van der Waals surface area contributed by atoms with Crippen LogP contribution in [0.25, 0.3) is 0 Å². The number of nitrogens with one attached hydrogen (secondary N) is 4. The molecule has 486 valence electrons. The number of likely N-dealkylation sites (N-methyl/N-ethyl adjacent to an activating group) is 7. The van der Waals surface area contributed by atoms with E-state index in [1.807, 2.05) is 81.4 Å². The van der Waals surface area contributed by atoms with Crippen LogP contribution in [0.5, 0.6) is 0 Å². The van der Waals surface area contributed by atoms with Crippen molar-refractivity contribution in [2.75, 3.05) is 62.5 Å². The first-order valence-electron chi connectivity index (χ1n) is 30.6. The van der Waals surface area contributed by atoms with Crippen LogP contribution in [0.2, 0.25) is 0 Å². The van der Waals surface area contributed by atoms with Crippen LogP contribution in [0.4, 0.5) is 0 Å². The Morgan fingerprint density at radius 1 is 0.459 bits per heavy atom. The standard InChI is InChI=1S/C62H111N11O12/c1-24-26-27-41(15)32-46-55(78)65-43(25-2)57(80)72(22)49(34-74)60(83)68(18)45(29-36(5)6)56(79)66-51(39(11)12)61(84)69(19)44(28-35(3)4)54(77)64-42(16)53(76)63-33-50(75)67(17)47(30-37(7)8)58(81)71(21)48(31-38(9)10)59(82)73(23)52(40(13)14)62(85)70(46)20/h24,26,35-49,51-52,74H,25,27-34H2,1-23H3,(H,63,76)(H,64,77)(H,65,78)(H,66,79)/b26-24+/t41-,42?,43+,44-,45+,46?,47?,48+,49?,51-,52+/m1/s1. The topological polar surface area (TPSA) is 279 Å². The van der Waals surface area contributed by atoms with Crippen molar-refractivity contribution >= 4 is 65.0 Å². The van der Waals surface area contributed by atoms with Crippen LogP contribution in [-0.4, -0.2) is 227 Å². The van der Waals surface area contributed by atoms with Gasteiger partial charge < -0.3 is 60.7 Å². The van der Waals surface area contributed by atoms with Gasteiger partial charge in [0.25, 0.3) is 0 Å². The minimum atomic E-state index is -1.55. The summed E-state index contributed by atoms with van der Waals surface area (Å²) >= 11 is 0. The van der Waals surface area contributed by atoms with Gasteiger partial charge in [0.2, 0.25) is 65.0 Å². The summed E-state index contributed by atoms with van der Waals surface area (Å²) in [4.78, 5) is 169. The average molecular weight is 1200 g/mol. The number of allylic oxidation sites excluding steroid dienone is 2. The molecule has 1 aliphatic rings. The van der Waals surface area contributed by atoms with Gasteiger partial charge in [-0.05, 0) is 100 Å². The Kier molecular flexibility index (Phi) is 32.1. The predicted molar refractivity (Wildman–Crippen MR) is 328 cm³/mol. The van der Waals surface area contributed by atoms with Crippen LogP contribution in [0.3, 0.4) is 0 Å². The summed E-state index contributed by atoms with van der Waals surface area (Å²) in [6.45, 7) is 27.3. The fraction of sp³-hybridized carbons (Fsp3) is 0.790. The Bertz CT molecular complexity index is 2310. The molecule has 11 atom stereocenters. The Balaban J connectivity index is 4.32. The summed E-state index contributed by atoms with van der Waals surface area (Å²) in [5, 5.41) is 21.8. The molecule has 23 nitrogen and oxygen atoms in total. The Labute approximate surface area is 508 Å². The number of carbonyl (C=O) groups is 11. The quantitative estimate of drug-likeness (QED) is 0.139. The van der Waals surface area contributed by atoms with Crippen LogP contribution in [0, 0.1) is 41.4 Å². The zero-order valence-electron chi connectivity index (χ0n) is 55.9. The molecule has 1 saturated heterocycles. The van der Waals surface area contributed by atoms with E-state index in [4.69, 9.17) is 0 Å². The molecule has 0 aromatic carbocycles. The molecule has 85 heavy (non-hydrogen) atoms. The van der Waals surface area contributed by atoms with E-state index < -0.39 is 150 Å². The highest BCUT2D eigenvalue weighted by atomic mass is 16.3. The molecule has 0 aliphatic carbocycles. The SMILES string of the molecule is C/C=C/C[C@@H](C)CC1C(=O)N[C@@H](CC)C(=O)N(C)C(CO)C(=O)N(C)[C@@H](CC(C)C)C(=O)N[C@H](C(C)C)C(=O)N(C)[C@H](CC(C)C)C(=O)NC(C)C(=O)NCC(=O)N(C)C(CC(C)C)C(=O)N(C)[C@@H](CC(C)C)C(=O)N(C)[C@@H](C(C)C)C(=O)N1C. The number of amides is 11. The second kappa shape index (κ2) is 35.5. The molecule has 0 aromatic heterocycles. The molecule has 5 N–H and O–H groups in total. The molecule has 0 saturated carbocycles. The summed E-state index contributed by atoms with van der Waals surface area (Å²) in [5.41, 5.74) is 0. The summed E-state index contributed by atoms with van der Waals surface area (Å²) in [6, 6.07) is -12.2. The Morgan fingerprint density at radius 2 is 0.847 bits per heavy atom. The second-order valence-electron chi connectivity index (χ2n) is 26.0. The van der Waals surface area contributed by atoms with Crippen molar-refractivity contribution in [2.45, 2.75) is 216 Å². The van der Waals surface area contributed by atoms with Gasteiger partial charge in [0.05, 0.1) is 13.2 Å². The maximum Gasteiger partial charge on any atom is 0.248 e. The lowest BCUT2D eigenvalue weighted by Crippen LogP contribution is -2.62. The first-order valence-corrected chi connectivity index (χ1v) is 30.6. The highest BCUT2D eigenvalue weighted by molar-refractivity contribution is 5.99. The average Bonchev–Trinajstić information content (AvgIpc) is 3.59. The van der Waals surface area contributed by atoms with Crippen LogP contribution >= 0.6 is 0 Å². The molecule has 1 aliphatic heterocycles. The third-order valence-electron chi connectivity index (χ3n) is 16.1. The van der Waals surface area contributed by atoms with Gasteiger partial charge in [-0.25, -0.2) is 0 Å². The maximum atomic E-state index is 15.1. The normalized spacial score (nSPS) is 26.5. The molecular formula is C62H111N11O12. The summed E-state index contributed by atoms with van der Waals surface area (Å²) in [7, 11) is 9.97. The molecule has 4 unspecified atom stereocenters. The molecule has 23 heteroatoms. The molecule has 1 fully saturated rings. The minimum Gasteiger partial charge on any atom is -0.394 e. The zero-order valence-corrected chi connectivity index (χ0v) is 55.9. The smallest absolute Gasteiger partial charge is 0.248 e. The van der Waals surface area contributed by atoms with Crippen LogP contribution in [0.15, 0.2) is 12.2 Å². The van der Waals surface area contributed by atoms with Crippen LogP contribution in [0.1, 0.15) is 156 Å². The predicted octanol–water partition coefficient (Wildman–Crippen LogP) is 3.27. The summed E-state index contributed by atoms with van der Waals surface area (Å²) in [6.07, 6.45) is 5.12. The van der Waals surface area contributed by atoms with Crippen molar-refractivity contribution in [3.05, 3.63) is 12.2 Å². The number of aliphatic hydroxyl groups excluding tert-OH is 1. The fourth-order valence-corrected chi connectivity index (χ4v) is 10.7. The van der Waals surface area contributed by atoms with Crippen LogP contribution in [-0.2, 0) is 52.7 Å². The van der Waals surface area contributed by atoms with E-state index >= 15 is 9.59 Å². The van der Waals surface area contributed by atoms with Crippen LogP contribution < -0.4 is 21.3 Å². The van der Waals surface area contributed by atoms with Gasteiger partial charge in [0, 0.05) is 49.3 Å². The molecule has 0 radical (unpaired) electrons. The Hall–Kier alpha value is -6.13. The van der Waals surface area contributed by atoms with E-state index in [0.717, 1.165) is 9.80 Å². The summed E-state index contributed by atoms with van der Waals surface area (Å²) in [5.74, 6) is -9.15. The highest BCUT2D eigenvalue weighted by Gasteiger charge is 2.44. The lowest BCUT2D eigenvalue weighted by atomic mass is 9.93. The Morgan fingerprint density at radius 3 is 1.29 bits per heavy atom. The molecule has 1 heterocycles. The molecular weight excluding hydrogens is 1090 g/mol. The molecule has 11 amide bonds. The van der Waals surface area contributed by atoms with Gasteiger partial charge in [0.1, 0.15) is 60.4 Å².